The number of hydrogen-bond donors (Lipinski definition) is 2. The first-order chi connectivity index (χ1) is 10.0. The van der Waals surface area contributed by atoms with Crippen LogP contribution in [-0.2, 0) is 0 Å². The third-order valence-corrected chi connectivity index (χ3v) is 3.91. The summed E-state index contributed by atoms with van der Waals surface area (Å²) in [5, 5.41) is 12.8. The van der Waals surface area contributed by atoms with Gasteiger partial charge in [-0.05, 0) is 31.4 Å². The number of carbonyl (C=O) groups is 1. The minimum absolute atomic E-state index is 0.196. The molecular formula is C15H19N3O2S. The Kier molecular flexibility index (Phi) is 5.03. The summed E-state index contributed by atoms with van der Waals surface area (Å²) >= 11 is 1.55. The quantitative estimate of drug-likeness (QED) is 0.853. The number of nitrogens with one attached hydrogen (secondary N) is 1. The van der Waals surface area contributed by atoms with Crippen LogP contribution in [0.4, 0.5) is 0 Å². The molecule has 1 unspecified atom stereocenters. The van der Waals surface area contributed by atoms with Crippen LogP contribution in [0.5, 0.6) is 0 Å². The molecule has 0 aliphatic rings. The van der Waals surface area contributed by atoms with Crippen LogP contribution in [0.3, 0.4) is 0 Å². The maximum absolute atomic E-state index is 12.2. The SMILES string of the molecule is CSCC(C)(O)CNC(=O)c1cccc(-n2ccnc2)c1. The third kappa shape index (κ3) is 4.34. The molecule has 2 aromatic rings. The van der Waals surface area contributed by atoms with Crippen LogP contribution in [0, 0.1) is 0 Å². The van der Waals surface area contributed by atoms with Crippen LogP contribution in [0.15, 0.2) is 43.0 Å². The molecule has 1 heterocycles. The Hall–Kier alpha value is -1.79. The van der Waals surface area contributed by atoms with Gasteiger partial charge in [-0.2, -0.15) is 11.8 Å². The van der Waals surface area contributed by atoms with Gasteiger partial charge in [0.2, 0.25) is 0 Å². The number of imidazole rings is 1. The lowest BCUT2D eigenvalue weighted by Gasteiger charge is -2.22. The van der Waals surface area contributed by atoms with Crippen LogP contribution in [0.25, 0.3) is 5.69 Å². The van der Waals surface area contributed by atoms with Crippen molar-refractivity contribution in [1.82, 2.24) is 14.9 Å². The van der Waals surface area contributed by atoms with Gasteiger partial charge in [0.05, 0.1) is 11.9 Å². The molecule has 5 nitrogen and oxygen atoms in total. The van der Waals surface area contributed by atoms with Crippen molar-refractivity contribution in [2.75, 3.05) is 18.6 Å². The lowest BCUT2D eigenvalue weighted by molar-refractivity contribution is 0.0725. The average Bonchev–Trinajstić information content (AvgIpc) is 2.99. The van der Waals surface area contributed by atoms with Crippen molar-refractivity contribution in [2.24, 2.45) is 0 Å². The Balaban J connectivity index is 2.05. The lowest BCUT2D eigenvalue weighted by Crippen LogP contribution is -2.42. The third-order valence-electron chi connectivity index (χ3n) is 3.00. The van der Waals surface area contributed by atoms with E-state index >= 15 is 0 Å². The van der Waals surface area contributed by atoms with Gasteiger partial charge in [0.15, 0.2) is 0 Å². The Labute approximate surface area is 128 Å². The second-order valence-corrected chi connectivity index (χ2v) is 6.00. The van der Waals surface area contributed by atoms with E-state index in [4.69, 9.17) is 0 Å². The van der Waals surface area contributed by atoms with Crippen molar-refractivity contribution in [3.63, 3.8) is 0 Å². The molecular weight excluding hydrogens is 286 g/mol. The van der Waals surface area contributed by atoms with E-state index in [0.29, 0.717) is 11.3 Å². The van der Waals surface area contributed by atoms with E-state index in [9.17, 15) is 9.90 Å². The summed E-state index contributed by atoms with van der Waals surface area (Å²) in [5.41, 5.74) is 0.522. The summed E-state index contributed by atoms with van der Waals surface area (Å²) in [6.07, 6.45) is 7.11. The summed E-state index contributed by atoms with van der Waals surface area (Å²) in [4.78, 5) is 16.2. The van der Waals surface area contributed by atoms with Gasteiger partial charge in [0.1, 0.15) is 0 Å². The molecule has 1 amide bonds. The Morgan fingerprint density at radius 1 is 1.52 bits per heavy atom. The van der Waals surface area contributed by atoms with Crippen LogP contribution in [-0.4, -0.2) is 44.7 Å². The minimum Gasteiger partial charge on any atom is -0.387 e. The maximum Gasteiger partial charge on any atom is 0.251 e. The number of rotatable bonds is 6. The highest BCUT2D eigenvalue weighted by molar-refractivity contribution is 7.98. The number of benzene rings is 1. The smallest absolute Gasteiger partial charge is 0.251 e. The number of amides is 1. The van der Waals surface area contributed by atoms with Crippen molar-refractivity contribution in [3.8, 4) is 5.69 Å². The summed E-state index contributed by atoms with van der Waals surface area (Å²) < 4.78 is 1.83. The van der Waals surface area contributed by atoms with Gasteiger partial charge in [-0.3, -0.25) is 4.79 Å². The highest BCUT2D eigenvalue weighted by Gasteiger charge is 2.20. The maximum atomic E-state index is 12.2. The van der Waals surface area contributed by atoms with Crippen molar-refractivity contribution >= 4 is 17.7 Å². The highest BCUT2D eigenvalue weighted by atomic mass is 32.2. The van der Waals surface area contributed by atoms with Crippen LogP contribution >= 0.6 is 11.8 Å². The topological polar surface area (TPSA) is 67.2 Å². The number of nitrogens with zero attached hydrogens (tertiary/aromatic N) is 2. The molecule has 0 spiro atoms. The molecule has 6 heteroatoms. The number of hydrogen-bond acceptors (Lipinski definition) is 4. The van der Waals surface area contributed by atoms with Crippen LogP contribution in [0.2, 0.25) is 0 Å². The van der Waals surface area contributed by atoms with Gasteiger partial charge in [0.25, 0.3) is 5.91 Å². The minimum atomic E-state index is -0.906. The molecule has 0 fully saturated rings. The van der Waals surface area contributed by atoms with Gasteiger partial charge in [-0.15, -0.1) is 0 Å². The van der Waals surface area contributed by atoms with Gasteiger partial charge in [-0.25, -0.2) is 4.98 Å². The predicted molar refractivity (Wildman–Crippen MR) is 84.9 cm³/mol. The fourth-order valence-electron chi connectivity index (χ4n) is 1.95. The van der Waals surface area contributed by atoms with Crippen LogP contribution < -0.4 is 5.32 Å². The monoisotopic (exact) mass is 305 g/mol. The Morgan fingerprint density at radius 3 is 3.00 bits per heavy atom. The molecule has 2 N–H and O–H groups in total. The van der Waals surface area contributed by atoms with Gasteiger partial charge < -0.3 is 15.0 Å². The molecule has 0 aliphatic carbocycles. The molecule has 0 saturated heterocycles. The molecule has 1 aromatic heterocycles. The van der Waals surface area contributed by atoms with Crippen molar-refractivity contribution < 1.29 is 9.90 Å². The summed E-state index contributed by atoms with van der Waals surface area (Å²) in [6, 6.07) is 7.27. The van der Waals surface area contributed by atoms with E-state index in [0.717, 1.165) is 5.69 Å². The van der Waals surface area contributed by atoms with E-state index in [1.807, 2.05) is 29.2 Å². The van der Waals surface area contributed by atoms with Crippen molar-refractivity contribution in [2.45, 2.75) is 12.5 Å². The molecule has 2 rings (SSSR count). The number of thioether (sulfide) groups is 1. The summed E-state index contributed by atoms with van der Waals surface area (Å²) in [7, 11) is 0. The number of aliphatic hydroxyl groups is 1. The fraction of sp³-hybridized carbons (Fsp3) is 0.333. The van der Waals surface area contributed by atoms with E-state index in [1.165, 1.54) is 0 Å². The summed E-state index contributed by atoms with van der Waals surface area (Å²) in [6.45, 7) is 1.94. The van der Waals surface area contributed by atoms with E-state index < -0.39 is 5.60 Å². The zero-order valence-electron chi connectivity index (χ0n) is 12.1. The Morgan fingerprint density at radius 2 is 2.33 bits per heavy atom. The standard InChI is InChI=1S/C15H19N3O2S/c1-15(20,10-21-2)9-17-14(19)12-4-3-5-13(8-12)18-7-6-16-11-18/h3-8,11,20H,9-10H2,1-2H3,(H,17,19). The number of aromatic nitrogens is 2. The van der Waals surface area contributed by atoms with Crippen LogP contribution in [0.1, 0.15) is 17.3 Å². The van der Waals surface area contributed by atoms with E-state index in [1.54, 1.807) is 43.3 Å². The second kappa shape index (κ2) is 6.78. The zero-order valence-corrected chi connectivity index (χ0v) is 12.9. The lowest BCUT2D eigenvalue weighted by atomic mass is 10.1. The second-order valence-electron chi connectivity index (χ2n) is 5.13. The molecule has 1 aromatic carbocycles. The van der Waals surface area contributed by atoms with Crippen molar-refractivity contribution in [3.05, 3.63) is 48.5 Å². The molecule has 21 heavy (non-hydrogen) atoms. The highest BCUT2D eigenvalue weighted by Crippen LogP contribution is 2.12. The first-order valence-corrected chi connectivity index (χ1v) is 7.99. The normalized spacial score (nSPS) is 13.7. The first-order valence-electron chi connectivity index (χ1n) is 6.60. The van der Waals surface area contributed by atoms with Crippen molar-refractivity contribution in [1.29, 1.82) is 0 Å². The zero-order chi connectivity index (χ0) is 15.3. The fourth-order valence-corrected chi connectivity index (χ4v) is 2.68. The first kappa shape index (κ1) is 15.6. The molecule has 1 atom stereocenters. The molecule has 0 radical (unpaired) electrons. The summed E-state index contributed by atoms with van der Waals surface area (Å²) in [5.74, 6) is 0.376. The Bertz CT molecular complexity index is 597. The van der Waals surface area contributed by atoms with Gasteiger partial charge in [-0.1, -0.05) is 6.07 Å². The molecule has 0 bridgehead atoms. The average molecular weight is 305 g/mol. The van der Waals surface area contributed by atoms with Gasteiger partial charge >= 0.3 is 0 Å². The molecule has 112 valence electrons. The number of carbonyl (C=O) groups excluding carboxylic acids is 1. The predicted octanol–water partition coefficient (Wildman–Crippen LogP) is 1.72. The van der Waals surface area contributed by atoms with Gasteiger partial charge in [0, 0.05) is 35.9 Å². The van der Waals surface area contributed by atoms with E-state index in [2.05, 4.69) is 10.3 Å². The van der Waals surface area contributed by atoms with E-state index in [-0.39, 0.29) is 12.5 Å². The largest absolute Gasteiger partial charge is 0.387 e. The molecule has 0 saturated carbocycles. The molecule has 0 aliphatic heterocycles.